The third-order valence-electron chi connectivity index (χ3n) is 4.64. The number of nitrogens with one attached hydrogen (secondary N) is 3. The second-order valence-electron chi connectivity index (χ2n) is 6.38. The minimum Gasteiger partial charge on any atom is -0.348 e. The highest BCUT2D eigenvalue weighted by Gasteiger charge is 2.36. The Bertz CT molecular complexity index is 659. The molecule has 25 heavy (non-hydrogen) atoms. The van der Waals surface area contributed by atoms with E-state index in [1.807, 2.05) is 0 Å². The number of aromatic amines is 1. The van der Waals surface area contributed by atoms with Gasteiger partial charge in [-0.05, 0) is 19.3 Å². The number of imidazole rings is 1. The Labute approximate surface area is 144 Å². The average Bonchev–Trinajstić information content (AvgIpc) is 3.34. The number of carbonyl (C=O) groups excluding carboxylic acids is 4. The molecule has 3 atom stereocenters. The molecule has 3 amide bonds. The maximum atomic E-state index is 12.9. The number of aromatic nitrogens is 2. The van der Waals surface area contributed by atoms with Crippen LogP contribution >= 0.6 is 0 Å². The van der Waals surface area contributed by atoms with E-state index >= 15 is 0 Å². The van der Waals surface area contributed by atoms with Crippen LogP contribution in [-0.4, -0.2) is 63.5 Å². The van der Waals surface area contributed by atoms with E-state index in [0.29, 0.717) is 31.5 Å². The molecule has 1 aromatic rings. The van der Waals surface area contributed by atoms with E-state index in [4.69, 9.17) is 0 Å². The number of amides is 3. The lowest BCUT2D eigenvalue weighted by Gasteiger charge is -2.27. The molecular formula is C16H21N5O4. The van der Waals surface area contributed by atoms with E-state index in [1.165, 1.54) is 11.2 Å². The molecule has 1 aromatic heterocycles. The molecule has 0 saturated carbocycles. The molecule has 134 valence electrons. The Balaban J connectivity index is 1.72. The van der Waals surface area contributed by atoms with E-state index in [9.17, 15) is 19.2 Å². The fourth-order valence-corrected chi connectivity index (χ4v) is 3.31. The minimum absolute atomic E-state index is 0.169. The first kappa shape index (κ1) is 17.1. The van der Waals surface area contributed by atoms with Gasteiger partial charge in [0, 0.05) is 31.3 Å². The first-order valence-electron chi connectivity index (χ1n) is 8.41. The van der Waals surface area contributed by atoms with Crippen molar-refractivity contribution < 1.29 is 19.2 Å². The standard InChI is InChI=1S/C16H21N5O4/c22-8-11-2-1-5-21(11)16(25)13(6-10-7-17-9-18-10)20-15(24)12-3-4-14(23)19-12/h7-9,11-13H,1-6H2,(H,17,18)(H,19,23)(H,20,24)/t11-,12-,13-/m0/s1. The summed E-state index contributed by atoms with van der Waals surface area (Å²) in [5, 5.41) is 5.32. The second-order valence-corrected chi connectivity index (χ2v) is 6.38. The largest absolute Gasteiger partial charge is 0.348 e. The third-order valence-corrected chi connectivity index (χ3v) is 4.64. The molecule has 3 rings (SSSR count). The number of hydrogen-bond acceptors (Lipinski definition) is 5. The van der Waals surface area contributed by atoms with Crippen LogP contribution in [0, 0.1) is 0 Å². The van der Waals surface area contributed by atoms with Crippen molar-refractivity contribution in [2.45, 2.75) is 50.2 Å². The van der Waals surface area contributed by atoms with Crippen LogP contribution in [0.15, 0.2) is 12.5 Å². The molecule has 2 aliphatic rings. The van der Waals surface area contributed by atoms with E-state index < -0.39 is 18.1 Å². The number of carbonyl (C=O) groups is 4. The normalized spacial score (nSPS) is 24.0. The predicted octanol–water partition coefficient (Wildman–Crippen LogP) is -1.09. The molecule has 2 fully saturated rings. The van der Waals surface area contributed by atoms with Crippen molar-refractivity contribution >= 4 is 24.0 Å². The average molecular weight is 347 g/mol. The fourth-order valence-electron chi connectivity index (χ4n) is 3.31. The van der Waals surface area contributed by atoms with Gasteiger partial charge in [0.2, 0.25) is 17.7 Å². The van der Waals surface area contributed by atoms with E-state index in [-0.39, 0.29) is 24.1 Å². The molecule has 2 saturated heterocycles. The van der Waals surface area contributed by atoms with E-state index in [2.05, 4.69) is 20.6 Å². The quantitative estimate of drug-likeness (QED) is 0.564. The second kappa shape index (κ2) is 7.45. The fraction of sp³-hybridized carbons (Fsp3) is 0.562. The lowest BCUT2D eigenvalue weighted by Crippen LogP contribution is -2.54. The number of nitrogens with zero attached hydrogens (tertiary/aromatic N) is 2. The maximum absolute atomic E-state index is 12.9. The molecule has 0 aromatic carbocycles. The van der Waals surface area contributed by atoms with Crippen molar-refractivity contribution in [2.75, 3.05) is 6.54 Å². The van der Waals surface area contributed by atoms with Gasteiger partial charge >= 0.3 is 0 Å². The zero-order valence-corrected chi connectivity index (χ0v) is 13.7. The lowest BCUT2D eigenvalue weighted by molar-refractivity contribution is -0.139. The molecule has 3 N–H and O–H groups in total. The van der Waals surface area contributed by atoms with Crippen molar-refractivity contribution in [3.63, 3.8) is 0 Å². The van der Waals surface area contributed by atoms with Gasteiger partial charge in [-0.3, -0.25) is 14.4 Å². The van der Waals surface area contributed by atoms with Crippen LogP contribution in [0.2, 0.25) is 0 Å². The molecule has 0 spiro atoms. The van der Waals surface area contributed by atoms with Crippen molar-refractivity contribution in [3.8, 4) is 0 Å². The highest BCUT2D eigenvalue weighted by atomic mass is 16.2. The zero-order chi connectivity index (χ0) is 17.8. The number of likely N-dealkylation sites (tertiary alicyclic amines) is 1. The molecule has 0 unspecified atom stereocenters. The highest BCUT2D eigenvalue weighted by Crippen LogP contribution is 2.18. The molecule has 9 heteroatoms. The van der Waals surface area contributed by atoms with Gasteiger partial charge in [-0.1, -0.05) is 0 Å². The summed E-state index contributed by atoms with van der Waals surface area (Å²) in [6, 6.07) is -1.88. The van der Waals surface area contributed by atoms with Gasteiger partial charge in [0.25, 0.3) is 0 Å². The van der Waals surface area contributed by atoms with Crippen LogP contribution in [0.1, 0.15) is 31.4 Å². The monoisotopic (exact) mass is 347 g/mol. The molecule has 0 radical (unpaired) electrons. The summed E-state index contributed by atoms with van der Waals surface area (Å²) in [7, 11) is 0. The van der Waals surface area contributed by atoms with E-state index in [1.54, 1.807) is 6.20 Å². The van der Waals surface area contributed by atoms with Crippen molar-refractivity contribution in [3.05, 3.63) is 18.2 Å². The van der Waals surface area contributed by atoms with Crippen LogP contribution < -0.4 is 10.6 Å². The Kier molecular flexibility index (Phi) is 5.11. The van der Waals surface area contributed by atoms with Gasteiger partial charge in [0.15, 0.2) is 0 Å². The molecule has 3 heterocycles. The summed E-state index contributed by atoms with van der Waals surface area (Å²) in [5.41, 5.74) is 0.705. The zero-order valence-electron chi connectivity index (χ0n) is 13.7. The van der Waals surface area contributed by atoms with Gasteiger partial charge in [0.05, 0.1) is 12.4 Å². The van der Waals surface area contributed by atoms with Gasteiger partial charge in [0.1, 0.15) is 18.4 Å². The van der Waals surface area contributed by atoms with Crippen LogP contribution in [0.25, 0.3) is 0 Å². The SMILES string of the molecule is O=C[C@@H]1CCCN1C(=O)[C@H](Cc1cnc[nH]1)NC(=O)[C@@H]1CCC(=O)N1. The van der Waals surface area contributed by atoms with E-state index in [0.717, 1.165) is 12.7 Å². The van der Waals surface area contributed by atoms with Crippen LogP contribution in [-0.2, 0) is 25.6 Å². The third kappa shape index (κ3) is 3.86. The van der Waals surface area contributed by atoms with Crippen molar-refractivity contribution in [2.24, 2.45) is 0 Å². The Morgan fingerprint density at radius 1 is 1.44 bits per heavy atom. The maximum Gasteiger partial charge on any atom is 0.246 e. The van der Waals surface area contributed by atoms with Crippen LogP contribution in [0.4, 0.5) is 0 Å². The first-order chi connectivity index (χ1) is 12.1. The first-order valence-corrected chi connectivity index (χ1v) is 8.41. The molecule has 2 aliphatic heterocycles. The summed E-state index contributed by atoms with van der Waals surface area (Å²) < 4.78 is 0. The summed E-state index contributed by atoms with van der Waals surface area (Å²) in [6.45, 7) is 0.498. The molecule has 0 aliphatic carbocycles. The minimum atomic E-state index is -0.814. The number of H-pyrrole nitrogens is 1. The molecular weight excluding hydrogens is 326 g/mol. The summed E-state index contributed by atoms with van der Waals surface area (Å²) in [4.78, 5) is 56.1. The van der Waals surface area contributed by atoms with Gasteiger partial charge < -0.3 is 25.3 Å². The molecule has 9 nitrogen and oxygen atoms in total. The predicted molar refractivity (Wildman–Crippen MR) is 86.2 cm³/mol. The van der Waals surface area contributed by atoms with Gasteiger partial charge in [-0.15, -0.1) is 0 Å². The molecule has 0 bridgehead atoms. The van der Waals surface area contributed by atoms with Crippen molar-refractivity contribution in [1.29, 1.82) is 0 Å². The number of rotatable bonds is 6. The van der Waals surface area contributed by atoms with Gasteiger partial charge in [-0.25, -0.2) is 4.98 Å². The summed E-state index contributed by atoms with van der Waals surface area (Å²) in [6.07, 6.45) is 6.22. The van der Waals surface area contributed by atoms with Crippen LogP contribution in [0.3, 0.4) is 0 Å². The lowest BCUT2D eigenvalue weighted by atomic mass is 10.1. The van der Waals surface area contributed by atoms with Crippen molar-refractivity contribution in [1.82, 2.24) is 25.5 Å². The summed E-state index contributed by atoms with van der Waals surface area (Å²) in [5.74, 6) is -0.843. The Hall–Kier alpha value is -2.71. The van der Waals surface area contributed by atoms with Crippen LogP contribution in [0.5, 0.6) is 0 Å². The topological polar surface area (TPSA) is 124 Å². The number of aldehydes is 1. The summed E-state index contributed by atoms with van der Waals surface area (Å²) >= 11 is 0. The number of hydrogen-bond donors (Lipinski definition) is 3. The smallest absolute Gasteiger partial charge is 0.246 e. The highest BCUT2D eigenvalue weighted by molar-refractivity contribution is 5.94. The Morgan fingerprint density at radius 2 is 2.28 bits per heavy atom. The van der Waals surface area contributed by atoms with Gasteiger partial charge in [-0.2, -0.15) is 0 Å². The Morgan fingerprint density at radius 3 is 2.92 bits per heavy atom.